The van der Waals surface area contributed by atoms with Gasteiger partial charge in [-0.3, -0.25) is 9.48 Å². The Kier molecular flexibility index (Phi) is 4.67. The van der Waals surface area contributed by atoms with Gasteiger partial charge in [-0.15, -0.1) is 0 Å². The lowest BCUT2D eigenvalue weighted by molar-refractivity contribution is 0.0780. The minimum absolute atomic E-state index is 0.0421. The zero-order valence-corrected chi connectivity index (χ0v) is 14.1. The first-order valence-corrected chi connectivity index (χ1v) is 7.30. The molecule has 0 aliphatic carbocycles. The highest BCUT2D eigenvalue weighted by Gasteiger charge is 2.18. The number of carbonyl (C=O) groups excluding carboxylic acids is 1. The van der Waals surface area contributed by atoms with E-state index in [1.807, 2.05) is 32.2 Å². The number of nitrogens with zero attached hydrogens (tertiary/aromatic N) is 3. The maximum absolute atomic E-state index is 12.6. The first-order valence-electron chi connectivity index (χ1n) is 6.51. The fourth-order valence-electron chi connectivity index (χ4n) is 2.18. The Morgan fingerprint density at radius 1 is 1.48 bits per heavy atom. The summed E-state index contributed by atoms with van der Waals surface area (Å²) in [7, 11) is 5.24. The van der Waals surface area contributed by atoms with Crippen LogP contribution in [0.2, 0.25) is 0 Å². The van der Waals surface area contributed by atoms with Gasteiger partial charge in [0.25, 0.3) is 5.91 Å². The van der Waals surface area contributed by atoms with Crippen molar-refractivity contribution in [2.24, 2.45) is 7.05 Å². The molecule has 0 spiro atoms. The molecule has 0 atom stereocenters. The molecule has 0 aliphatic rings. The van der Waals surface area contributed by atoms with E-state index >= 15 is 0 Å². The molecule has 5 nitrogen and oxygen atoms in total. The quantitative estimate of drug-likeness (QED) is 0.850. The third kappa shape index (κ3) is 3.10. The van der Waals surface area contributed by atoms with Crippen molar-refractivity contribution in [3.63, 3.8) is 0 Å². The van der Waals surface area contributed by atoms with Gasteiger partial charge in [0.2, 0.25) is 0 Å². The van der Waals surface area contributed by atoms with E-state index in [0.29, 0.717) is 12.1 Å². The third-order valence-corrected chi connectivity index (χ3v) is 4.14. The van der Waals surface area contributed by atoms with Crippen LogP contribution in [0.1, 0.15) is 21.6 Å². The SMILES string of the molecule is COc1cccc(C(=O)N(C)Cc2c(Br)cnn2C)c1C. The number of halogens is 1. The highest BCUT2D eigenvalue weighted by Crippen LogP contribution is 2.23. The van der Waals surface area contributed by atoms with E-state index in [1.54, 1.807) is 29.9 Å². The Balaban J connectivity index is 2.24. The zero-order chi connectivity index (χ0) is 15.6. The molecule has 1 heterocycles. The van der Waals surface area contributed by atoms with E-state index < -0.39 is 0 Å². The number of hydrogen-bond acceptors (Lipinski definition) is 3. The summed E-state index contributed by atoms with van der Waals surface area (Å²) in [5, 5.41) is 4.16. The Morgan fingerprint density at radius 2 is 2.19 bits per heavy atom. The van der Waals surface area contributed by atoms with Gasteiger partial charge in [-0.05, 0) is 35.0 Å². The molecule has 1 amide bonds. The summed E-state index contributed by atoms with van der Waals surface area (Å²) in [4.78, 5) is 14.3. The van der Waals surface area contributed by atoms with E-state index in [1.165, 1.54) is 0 Å². The van der Waals surface area contributed by atoms with Crippen molar-refractivity contribution >= 4 is 21.8 Å². The second kappa shape index (κ2) is 6.30. The van der Waals surface area contributed by atoms with Gasteiger partial charge in [-0.25, -0.2) is 0 Å². The summed E-state index contributed by atoms with van der Waals surface area (Å²) in [5.74, 6) is 0.676. The molecule has 0 saturated carbocycles. The number of rotatable bonds is 4. The van der Waals surface area contributed by atoms with Crippen LogP contribution in [0.15, 0.2) is 28.9 Å². The number of ether oxygens (including phenoxy) is 1. The number of amides is 1. The predicted octanol–water partition coefficient (Wildman–Crippen LogP) is 2.77. The molecular formula is C15H18BrN3O2. The topological polar surface area (TPSA) is 47.4 Å². The van der Waals surface area contributed by atoms with Crippen molar-refractivity contribution < 1.29 is 9.53 Å². The lowest BCUT2D eigenvalue weighted by atomic mass is 10.1. The number of methoxy groups -OCH3 is 1. The molecule has 112 valence electrons. The molecule has 0 saturated heterocycles. The van der Waals surface area contributed by atoms with Gasteiger partial charge < -0.3 is 9.64 Å². The van der Waals surface area contributed by atoms with Gasteiger partial charge >= 0.3 is 0 Å². The molecule has 0 bridgehead atoms. The van der Waals surface area contributed by atoms with E-state index in [4.69, 9.17) is 4.74 Å². The van der Waals surface area contributed by atoms with E-state index in [9.17, 15) is 4.79 Å². The van der Waals surface area contributed by atoms with Gasteiger partial charge in [-0.1, -0.05) is 6.07 Å². The second-order valence-electron chi connectivity index (χ2n) is 4.86. The van der Waals surface area contributed by atoms with Crippen LogP contribution in [-0.2, 0) is 13.6 Å². The first-order chi connectivity index (χ1) is 9.95. The molecule has 0 N–H and O–H groups in total. The number of benzene rings is 1. The monoisotopic (exact) mass is 351 g/mol. The maximum Gasteiger partial charge on any atom is 0.254 e. The van der Waals surface area contributed by atoms with Gasteiger partial charge in [0, 0.05) is 25.2 Å². The lowest BCUT2D eigenvalue weighted by Gasteiger charge is -2.19. The molecular weight excluding hydrogens is 334 g/mol. The molecule has 0 aliphatic heterocycles. The fraction of sp³-hybridized carbons (Fsp3) is 0.333. The molecule has 21 heavy (non-hydrogen) atoms. The molecule has 1 aromatic carbocycles. The standard InChI is InChI=1S/C15H18BrN3O2/c1-10-11(6-5-7-14(10)21-4)15(20)18(2)9-13-12(16)8-17-19(13)3/h5-8H,9H2,1-4H3. The summed E-state index contributed by atoms with van der Waals surface area (Å²) >= 11 is 3.45. The average molecular weight is 352 g/mol. The van der Waals surface area contributed by atoms with Crippen molar-refractivity contribution in [1.82, 2.24) is 14.7 Å². The summed E-state index contributed by atoms with van der Waals surface area (Å²) in [6.45, 7) is 2.37. The van der Waals surface area contributed by atoms with Gasteiger partial charge in [0.05, 0.1) is 30.0 Å². The minimum atomic E-state index is -0.0421. The zero-order valence-electron chi connectivity index (χ0n) is 12.6. The predicted molar refractivity (Wildman–Crippen MR) is 84.4 cm³/mol. The maximum atomic E-state index is 12.6. The number of hydrogen-bond donors (Lipinski definition) is 0. The Labute approximate surface area is 132 Å². The third-order valence-electron chi connectivity index (χ3n) is 3.48. The molecule has 0 radical (unpaired) electrons. The molecule has 1 aromatic heterocycles. The van der Waals surface area contributed by atoms with E-state index in [2.05, 4.69) is 21.0 Å². The van der Waals surface area contributed by atoms with E-state index in [0.717, 1.165) is 21.5 Å². The van der Waals surface area contributed by atoms with Crippen molar-refractivity contribution in [2.45, 2.75) is 13.5 Å². The molecule has 2 rings (SSSR count). The average Bonchev–Trinajstić information content (AvgIpc) is 2.78. The fourth-order valence-corrected chi connectivity index (χ4v) is 2.66. The molecule has 0 unspecified atom stereocenters. The Morgan fingerprint density at radius 3 is 2.76 bits per heavy atom. The van der Waals surface area contributed by atoms with Crippen LogP contribution in [0.5, 0.6) is 5.75 Å². The van der Waals surface area contributed by atoms with Crippen LogP contribution >= 0.6 is 15.9 Å². The largest absolute Gasteiger partial charge is 0.496 e. The van der Waals surface area contributed by atoms with Crippen LogP contribution < -0.4 is 4.74 Å². The number of aromatic nitrogens is 2. The van der Waals surface area contributed by atoms with Crippen LogP contribution in [0.4, 0.5) is 0 Å². The van der Waals surface area contributed by atoms with Crippen LogP contribution in [0.3, 0.4) is 0 Å². The van der Waals surface area contributed by atoms with Crippen molar-refractivity contribution in [3.05, 3.63) is 45.7 Å². The van der Waals surface area contributed by atoms with Gasteiger partial charge in [0.1, 0.15) is 5.75 Å². The summed E-state index contributed by atoms with van der Waals surface area (Å²) < 4.78 is 7.92. The van der Waals surface area contributed by atoms with Crippen molar-refractivity contribution in [1.29, 1.82) is 0 Å². The first kappa shape index (κ1) is 15.6. The highest BCUT2D eigenvalue weighted by atomic mass is 79.9. The van der Waals surface area contributed by atoms with Crippen LogP contribution in [-0.4, -0.2) is 34.7 Å². The summed E-state index contributed by atoms with van der Waals surface area (Å²) in [6.07, 6.45) is 1.73. The lowest BCUT2D eigenvalue weighted by Crippen LogP contribution is -2.28. The summed E-state index contributed by atoms with van der Waals surface area (Å²) in [5.41, 5.74) is 2.45. The van der Waals surface area contributed by atoms with Crippen molar-refractivity contribution in [2.75, 3.05) is 14.2 Å². The van der Waals surface area contributed by atoms with Crippen molar-refractivity contribution in [3.8, 4) is 5.75 Å². The number of aryl methyl sites for hydroxylation is 1. The Bertz CT molecular complexity index is 647. The normalized spacial score (nSPS) is 10.5. The minimum Gasteiger partial charge on any atom is -0.496 e. The van der Waals surface area contributed by atoms with E-state index in [-0.39, 0.29) is 5.91 Å². The molecule has 2 aromatic rings. The highest BCUT2D eigenvalue weighted by molar-refractivity contribution is 9.10. The van der Waals surface area contributed by atoms with Gasteiger partial charge in [-0.2, -0.15) is 5.10 Å². The number of carbonyl (C=O) groups is 1. The second-order valence-corrected chi connectivity index (χ2v) is 5.71. The van der Waals surface area contributed by atoms with Crippen LogP contribution in [0, 0.1) is 6.92 Å². The molecule has 0 fully saturated rings. The smallest absolute Gasteiger partial charge is 0.254 e. The van der Waals surface area contributed by atoms with Gasteiger partial charge in [0.15, 0.2) is 0 Å². The molecule has 6 heteroatoms. The summed E-state index contributed by atoms with van der Waals surface area (Å²) in [6, 6.07) is 5.49. The Hall–Kier alpha value is -1.82. The van der Waals surface area contributed by atoms with Crippen LogP contribution in [0.25, 0.3) is 0 Å².